The summed E-state index contributed by atoms with van der Waals surface area (Å²) in [5.41, 5.74) is 9.32. The standard InChI is InChI=1S/C14H16N4O/c1-9-6-17-12(7-16-9)8-18-11-3-4-14(15)13(5-11)10(2)19/h3-7,18H,8,15H2,1-2H3. The first-order valence-corrected chi connectivity index (χ1v) is 5.98. The molecule has 0 amide bonds. The van der Waals surface area contributed by atoms with Gasteiger partial charge >= 0.3 is 0 Å². The summed E-state index contributed by atoms with van der Waals surface area (Å²) in [5.74, 6) is -0.0451. The lowest BCUT2D eigenvalue weighted by Crippen LogP contribution is -2.05. The molecule has 19 heavy (non-hydrogen) atoms. The number of Topliss-reactive ketones (excluding diaryl/α,β-unsaturated/α-hetero) is 1. The smallest absolute Gasteiger partial charge is 0.161 e. The SMILES string of the molecule is CC(=O)c1cc(NCc2cnc(C)cn2)ccc1N. The minimum Gasteiger partial charge on any atom is -0.398 e. The molecule has 0 radical (unpaired) electrons. The highest BCUT2D eigenvalue weighted by molar-refractivity contribution is 5.99. The first-order chi connectivity index (χ1) is 9.06. The Labute approximate surface area is 111 Å². The van der Waals surface area contributed by atoms with Crippen LogP contribution in [0.15, 0.2) is 30.6 Å². The molecule has 0 aliphatic carbocycles. The Balaban J connectivity index is 2.09. The Bertz CT molecular complexity index is 593. The van der Waals surface area contributed by atoms with Gasteiger partial charge in [-0.3, -0.25) is 14.8 Å². The number of anilines is 2. The van der Waals surface area contributed by atoms with E-state index in [-0.39, 0.29) is 5.78 Å². The number of hydrogen-bond donors (Lipinski definition) is 2. The van der Waals surface area contributed by atoms with E-state index in [0.29, 0.717) is 17.8 Å². The number of aryl methyl sites for hydroxylation is 1. The normalized spacial score (nSPS) is 10.2. The van der Waals surface area contributed by atoms with Crippen LogP contribution in [-0.2, 0) is 6.54 Å². The van der Waals surface area contributed by atoms with Gasteiger partial charge in [0.1, 0.15) is 0 Å². The van der Waals surface area contributed by atoms with Crippen LogP contribution in [0, 0.1) is 6.92 Å². The maximum atomic E-state index is 11.4. The number of ketones is 1. The van der Waals surface area contributed by atoms with Crippen molar-refractivity contribution in [2.75, 3.05) is 11.1 Å². The molecule has 98 valence electrons. The number of carbonyl (C=O) groups is 1. The van der Waals surface area contributed by atoms with Crippen molar-refractivity contribution in [3.05, 3.63) is 47.5 Å². The lowest BCUT2D eigenvalue weighted by Gasteiger charge is -2.09. The van der Waals surface area contributed by atoms with E-state index >= 15 is 0 Å². The molecule has 0 spiro atoms. The summed E-state index contributed by atoms with van der Waals surface area (Å²) >= 11 is 0. The molecule has 0 saturated heterocycles. The minimum absolute atomic E-state index is 0.0451. The summed E-state index contributed by atoms with van der Waals surface area (Å²) in [5, 5.41) is 3.19. The summed E-state index contributed by atoms with van der Waals surface area (Å²) in [6.07, 6.45) is 3.45. The quantitative estimate of drug-likeness (QED) is 0.647. The monoisotopic (exact) mass is 256 g/mol. The van der Waals surface area contributed by atoms with Gasteiger partial charge in [-0.1, -0.05) is 0 Å². The maximum absolute atomic E-state index is 11.4. The van der Waals surface area contributed by atoms with Crippen LogP contribution in [0.25, 0.3) is 0 Å². The molecular weight excluding hydrogens is 240 g/mol. The van der Waals surface area contributed by atoms with Crippen LogP contribution in [0.5, 0.6) is 0 Å². The largest absolute Gasteiger partial charge is 0.398 e. The van der Waals surface area contributed by atoms with Crippen molar-refractivity contribution in [1.29, 1.82) is 0 Å². The number of carbonyl (C=O) groups excluding carboxylic acids is 1. The summed E-state index contributed by atoms with van der Waals surface area (Å²) in [7, 11) is 0. The average molecular weight is 256 g/mol. The number of benzene rings is 1. The van der Waals surface area contributed by atoms with Gasteiger partial charge < -0.3 is 11.1 Å². The van der Waals surface area contributed by atoms with Crippen LogP contribution >= 0.6 is 0 Å². The zero-order valence-electron chi connectivity index (χ0n) is 11.0. The van der Waals surface area contributed by atoms with Crippen LogP contribution in [0.4, 0.5) is 11.4 Å². The average Bonchev–Trinajstić information content (AvgIpc) is 2.39. The van der Waals surface area contributed by atoms with Crippen molar-refractivity contribution < 1.29 is 4.79 Å². The lowest BCUT2D eigenvalue weighted by molar-refractivity contribution is 0.101. The van der Waals surface area contributed by atoms with Gasteiger partial charge in [-0.2, -0.15) is 0 Å². The number of rotatable bonds is 4. The maximum Gasteiger partial charge on any atom is 0.161 e. The van der Waals surface area contributed by atoms with Gasteiger partial charge in [0.15, 0.2) is 5.78 Å². The third kappa shape index (κ3) is 3.28. The van der Waals surface area contributed by atoms with Crippen LogP contribution in [0.1, 0.15) is 28.7 Å². The van der Waals surface area contributed by atoms with Gasteiger partial charge in [0.25, 0.3) is 0 Å². The molecule has 0 fully saturated rings. The number of nitrogens with zero attached hydrogens (tertiary/aromatic N) is 2. The van der Waals surface area contributed by atoms with Gasteiger partial charge in [0.05, 0.1) is 24.1 Å². The van der Waals surface area contributed by atoms with Crippen LogP contribution in [-0.4, -0.2) is 15.8 Å². The molecule has 2 rings (SSSR count). The van der Waals surface area contributed by atoms with Crippen LogP contribution < -0.4 is 11.1 Å². The summed E-state index contributed by atoms with van der Waals surface area (Å²) in [6, 6.07) is 5.31. The van der Waals surface area contributed by atoms with E-state index in [4.69, 9.17) is 5.73 Å². The molecule has 3 N–H and O–H groups in total. The minimum atomic E-state index is -0.0451. The number of nitrogens with two attached hydrogens (primary N) is 1. The number of aromatic nitrogens is 2. The van der Waals surface area contributed by atoms with Crippen molar-refractivity contribution in [3.8, 4) is 0 Å². The first-order valence-electron chi connectivity index (χ1n) is 5.98. The Morgan fingerprint density at radius 2 is 2.11 bits per heavy atom. The number of hydrogen-bond acceptors (Lipinski definition) is 5. The Hall–Kier alpha value is -2.43. The van der Waals surface area contributed by atoms with Crippen molar-refractivity contribution in [1.82, 2.24) is 9.97 Å². The van der Waals surface area contributed by atoms with E-state index in [9.17, 15) is 4.79 Å². The highest BCUT2D eigenvalue weighted by atomic mass is 16.1. The molecule has 5 heteroatoms. The molecule has 1 aromatic heterocycles. The zero-order valence-corrected chi connectivity index (χ0v) is 11.0. The van der Waals surface area contributed by atoms with Gasteiger partial charge in [0.2, 0.25) is 0 Å². The molecule has 0 atom stereocenters. The zero-order chi connectivity index (χ0) is 13.8. The first kappa shape index (κ1) is 13.0. The van der Waals surface area contributed by atoms with Crippen molar-refractivity contribution in [2.24, 2.45) is 0 Å². The van der Waals surface area contributed by atoms with Crippen molar-refractivity contribution in [2.45, 2.75) is 20.4 Å². The van der Waals surface area contributed by atoms with Crippen molar-refractivity contribution >= 4 is 17.2 Å². The summed E-state index contributed by atoms with van der Waals surface area (Å²) < 4.78 is 0. The second kappa shape index (κ2) is 5.48. The molecule has 0 aliphatic heterocycles. The molecule has 0 saturated carbocycles. The van der Waals surface area contributed by atoms with Crippen LogP contribution in [0.3, 0.4) is 0 Å². The predicted octanol–water partition coefficient (Wildman–Crippen LogP) is 2.18. The number of nitrogen functional groups attached to an aromatic ring is 1. The van der Waals surface area contributed by atoms with E-state index < -0.39 is 0 Å². The van der Waals surface area contributed by atoms with Gasteiger partial charge in [-0.05, 0) is 32.0 Å². The highest BCUT2D eigenvalue weighted by Crippen LogP contribution is 2.18. The second-order valence-electron chi connectivity index (χ2n) is 4.36. The van der Waals surface area contributed by atoms with E-state index in [1.54, 1.807) is 24.5 Å². The van der Waals surface area contributed by atoms with Gasteiger partial charge in [0, 0.05) is 23.1 Å². The fraction of sp³-hybridized carbons (Fsp3) is 0.214. The second-order valence-corrected chi connectivity index (χ2v) is 4.36. The van der Waals surface area contributed by atoms with E-state index in [0.717, 1.165) is 17.1 Å². The topological polar surface area (TPSA) is 80.9 Å². The van der Waals surface area contributed by atoms with Crippen LogP contribution in [0.2, 0.25) is 0 Å². The van der Waals surface area contributed by atoms with Gasteiger partial charge in [-0.25, -0.2) is 0 Å². The molecule has 5 nitrogen and oxygen atoms in total. The van der Waals surface area contributed by atoms with E-state index in [2.05, 4.69) is 15.3 Å². The fourth-order valence-corrected chi connectivity index (χ4v) is 1.67. The third-order valence-corrected chi connectivity index (χ3v) is 2.74. The predicted molar refractivity (Wildman–Crippen MR) is 75.0 cm³/mol. The van der Waals surface area contributed by atoms with E-state index in [1.165, 1.54) is 6.92 Å². The molecule has 2 aromatic rings. The Kier molecular flexibility index (Phi) is 3.75. The van der Waals surface area contributed by atoms with E-state index in [1.807, 2.05) is 13.0 Å². The molecule has 0 unspecified atom stereocenters. The third-order valence-electron chi connectivity index (χ3n) is 2.74. The summed E-state index contributed by atoms with van der Waals surface area (Å²) in [4.78, 5) is 19.8. The van der Waals surface area contributed by atoms with Crippen molar-refractivity contribution in [3.63, 3.8) is 0 Å². The molecule has 0 bridgehead atoms. The molecule has 1 heterocycles. The Morgan fingerprint density at radius 1 is 1.32 bits per heavy atom. The molecule has 0 aliphatic rings. The highest BCUT2D eigenvalue weighted by Gasteiger charge is 2.05. The number of nitrogens with one attached hydrogen (secondary N) is 1. The Morgan fingerprint density at radius 3 is 2.74 bits per heavy atom. The van der Waals surface area contributed by atoms with Gasteiger partial charge in [-0.15, -0.1) is 0 Å². The molecule has 1 aromatic carbocycles. The molecular formula is C14H16N4O. The fourth-order valence-electron chi connectivity index (χ4n) is 1.67. The summed E-state index contributed by atoms with van der Waals surface area (Å²) in [6.45, 7) is 3.94. The lowest BCUT2D eigenvalue weighted by atomic mass is 10.1.